The zero-order valence-electron chi connectivity index (χ0n) is 15.4. The highest BCUT2D eigenvalue weighted by Gasteiger charge is 2.26. The predicted octanol–water partition coefficient (Wildman–Crippen LogP) is 6.96. The molecule has 2 heterocycles. The summed E-state index contributed by atoms with van der Waals surface area (Å²) >= 11 is 3.48. The summed E-state index contributed by atoms with van der Waals surface area (Å²) in [5.41, 5.74) is 6.47. The lowest BCUT2D eigenvalue weighted by atomic mass is 10.1. The Morgan fingerprint density at radius 2 is 1.41 bits per heavy atom. The Labute approximate surface area is 145 Å². The molecule has 2 aromatic heterocycles. The minimum Gasteiger partial charge on any atom is -0.249 e. The van der Waals surface area contributed by atoms with Crippen molar-refractivity contribution in [2.24, 2.45) is 0 Å². The molecule has 0 N–H and O–H groups in total. The Balaban J connectivity index is 0.000000328. The number of hydrogen-bond donors (Lipinski definition) is 0. The molecule has 1 aliphatic rings. The smallest absolute Gasteiger partial charge is 0.0797 e. The van der Waals surface area contributed by atoms with Gasteiger partial charge in [0.1, 0.15) is 0 Å². The van der Waals surface area contributed by atoms with E-state index in [4.69, 9.17) is 0 Å². The molecule has 1 saturated carbocycles. The van der Waals surface area contributed by atoms with Crippen LogP contribution in [0.5, 0.6) is 0 Å². The van der Waals surface area contributed by atoms with Crippen LogP contribution in [-0.2, 0) is 0 Å². The maximum absolute atomic E-state index is 4.30. The SMILES string of the molecule is CC.CC.Cc1scnc1C(C)C.Cc1scnc1C1CC1. The van der Waals surface area contributed by atoms with Crippen molar-refractivity contribution in [3.8, 4) is 0 Å². The first-order chi connectivity index (χ1) is 10.6. The first kappa shape index (κ1) is 21.3. The predicted molar refractivity (Wildman–Crippen MR) is 102 cm³/mol. The van der Waals surface area contributed by atoms with Crippen LogP contribution >= 0.6 is 22.7 Å². The highest BCUT2D eigenvalue weighted by Crippen LogP contribution is 2.41. The molecule has 0 radical (unpaired) electrons. The molecule has 126 valence electrons. The number of rotatable bonds is 2. The van der Waals surface area contributed by atoms with Crippen LogP contribution in [0.1, 0.15) is 87.4 Å². The van der Waals surface area contributed by atoms with E-state index >= 15 is 0 Å². The maximum atomic E-state index is 4.30. The van der Waals surface area contributed by atoms with Gasteiger partial charge in [0.25, 0.3) is 0 Å². The lowest BCUT2D eigenvalue weighted by molar-refractivity contribution is 0.825. The summed E-state index contributed by atoms with van der Waals surface area (Å²) < 4.78 is 0. The third-order valence-corrected chi connectivity index (χ3v) is 4.62. The number of thiazole rings is 2. The zero-order chi connectivity index (χ0) is 17.1. The van der Waals surface area contributed by atoms with Gasteiger partial charge in [-0.3, -0.25) is 0 Å². The highest BCUT2D eigenvalue weighted by atomic mass is 32.1. The summed E-state index contributed by atoms with van der Waals surface area (Å²) in [5, 5.41) is 0. The normalized spacial score (nSPS) is 12.4. The zero-order valence-corrected chi connectivity index (χ0v) is 17.1. The van der Waals surface area contributed by atoms with Gasteiger partial charge >= 0.3 is 0 Å². The molecule has 22 heavy (non-hydrogen) atoms. The van der Waals surface area contributed by atoms with Crippen molar-refractivity contribution in [1.29, 1.82) is 0 Å². The van der Waals surface area contributed by atoms with Crippen LogP contribution in [0.4, 0.5) is 0 Å². The first-order valence-electron chi connectivity index (χ1n) is 8.39. The van der Waals surface area contributed by atoms with Gasteiger partial charge in [0.05, 0.1) is 22.4 Å². The van der Waals surface area contributed by atoms with Gasteiger partial charge in [-0.2, -0.15) is 0 Å². The van der Waals surface area contributed by atoms with E-state index in [0.717, 1.165) is 5.92 Å². The molecule has 0 unspecified atom stereocenters. The molecular formula is C18H32N2S2. The van der Waals surface area contributed by atoms with E-state index in [0.29, 0.717) is 5.92 Å². The third-order valence-electron chi connectivity index (χ3n) is 3.07. The van der Waals surface area contributed by atoms with E-state index in [1.807, 2.05) is 38.7 Å². The largest absolute Gasteiger partial charge is 0.249 e. The summed E-state index contributed by atoms with van der Waals surface area (Å²) in [6, 6.07) is 0. The Morgan fingerprint density at radius 3 is 1.68 bits per heavy atom. The molecule has 1 aliphatic carbocycles. The second-order valence-electron chi connectivity index (χ2n) is 5.02. The monoisotopic (exact) mass is 340 g/mol. The quantitative estimate of drug-likeness (QED) is 0.590. The van der Waals surface area contributed by atoms with Crippen molar-refractivity contribution in [3.05, 3.63) is 32.2 Å². The molecule has 4 heteroatoms. The summed E-state index contributed by atoms with van der Waals surface area (Å²) in [4.78, 5) is 11.3. The Morgan fingerprint density at radius 1 is 0.909 bits per heavy atom. The van der Waals surface area contributed by atoms with Gasteiger partial charge in [-0.25, -0.2) is 9.97 Å². The molecular weight excluding hydrogens is 308 g/mol. The van der Waals surface area contributed by atoms with Crippen LogP contribution in [0.15, 0.2) is 11.0 Å². The average molecular weight is 341 g/mol. The molecule has 3 rings (SSSR count). The van der Waals surface area contributed by atoms with Crippen LogP contribution in [0.25, 0.3) is 0 Å². The van der Waals surface area contributed by atoms with Crippen molar-refractivity contribution in [2.45, 2.75) is 80.1 Å². The second-order valence-corrected chi connectivity index (χ2v) is 7.13. The average Bonchev–Trinajstić information content (AvgIpc) is 3.14. The summed E-state index contributed by atoms with van der Waals surface area (Å²) in [5.74, 6) is 1.41. The van der Waals surface area contributed by atoms with Gasteiger partial charge in [-0.15, -0.1) is 22.7 Å². The van der Waals surface area contributed by atoms with Crippen LogP contribution in [0, 0.1) is 13.8 Å². The minimum atomic E-state index is 0.580. The topological polar surface area (TPSA) is 25.8 Å². The summed E-state index contributed by atoms with van der Waals surface area (Å²) in [6.07, 6.45) is 2.73. The van der Waals surface area contributed by atoms with Crippen molar-refractivity contribution in [2.75, 3.05) is 0 Å². The molecule has 1 fully saturated rings. The molecule has 2 aromatic rings. The van der Waals surface area contributed by atoms with E-state index in [1.54, 1.807) is 22.7 Å². The van der Waals surface area contributed by atoms with Crippen molar-refractivity contribution < 1.29 is 0 Å². The number of aromatic nitrogens is 2. The first-order valence-corrected chi connectivity index (χ1v) is 10.2. The standard InChI is InChI=1S/C7H9NS.C7H11NS.2C2H6/c1-5-7(6-2-3-6)8-4-9-5;1-5(2)7-6(3)9-4-8-7;2*1-2/h4,6H,2-3H2,1H3;4-5H,1-3H3;2*1-2H3. The minimum absolute atomic E-state index is 0.580. The highest BCUT2D eigenvalue weighted by molar-refractivity contribution is 7.09. The van der Waals surface area contributed by atoms with Crippen molar-refractivity contribution in [3.63, 3.8) is 0 Å². The number of nitrogens with zero attached hydrogens (tertiary/aromatic N) is 2. The van der Waals surface area contributed by atoms with Crippen LogP contribution in [0.3, 0.4) is 0 Å². The Kier molecular flexibility index (Phi) is 11.4. The second kappa shape index (κ2) is 11.8. The van der Waals surface area contributed by atoms with Crippen LogP contribution < -0.4 is 0 Å². The Bertz CT molecular complexity index is 458. The Hall–Kier alpha value is -0.740. The van der Waals surface area contributed by atoms with Gasteiger partial charge < -0.3 is 0 Å². The maximum Gasteiger partial charge on any atom is 0.0797 e. The molecule has 0 saturated heterocycles. The molecule has 0 aliphatic heterocycles. The fourth-order valence-corrected chi connectivity index (χ4v) is 3.33. The van der Waals surface area contributed by atoms with Gasteiger partial charge in [0.2, 0.25) is 0 Å². The molecule has 0 bridgehead atoms. The van der Waals surface area contributed by atoms with Gasteiger partial charge in [0.15, 0.2) is 0 Å². The lowest BCUT2D eigenvalue weighted by Gasteiger charge is -1.98. The van der Waals surface area contributed by atoms with Crippen molar-refractivity contribution >= 4 is 22.7 Å². The fraction of sp³-hybridized carbons (Fsp3) is 0.667. The van der Waals surface area contributed by atoms with Gasteiger partial charge in [-0.05, 0) is 32.6 Å². The van der Waals surface area contributed by atoms with Gasteiger partial charge in [-0.1, -0.05) is 41.5 Å². The number of hydrogen-bond acceptors (Lipinski definition) is 4. The molecule has 2 nitrogen and oxygen atoms in total. The van der Waals surface area contributed by atoms with Crippen LogP contribution in [0.2, 0.25) is 0 Å². The molecule has 0 amide bonds. The van der Waals surface area contributed by atoms with E-state index < -0.39 is 0 Å². The van der Waals surface area contributed by atoms with E-state index in [9.17, 15) is 0 Å². The lowest BCUT2D eigenvalue weighted by Crippen LogP contribution is -1.88. The van der Waals surface area contributed by atoms with Gasteiger partial charge in [0, 0.05) is 15.7 Å². The van der Waals surface area contributed by atoms with Crippen LogP contribution in [-0.4, -0.2) is 9.97 Å². The number of aryl methyl sites for hydroxylation is 2. The fourth-order valence-electron chi connectivity index (χ4n) is 1.93. The molecule has 0 spiro atoms. The molecule has 0 atom stereocenters. The van der Waals surface area contributed by atoms with E-state index in [1.165, 1.54) is 34.0 Å². The van der Waals surface area contributed by atoms with E-state index in [-0.39, 0.29) is 0 Å². The van der Waals surface area contributed by atoms with E-state index in [2.05, 4.69) is 37.7 Å². The summed E-state index contributed by atoms with van der Waals surface area (Å²) in [6.45, 7) is 16.6. The summed E-state index contributed by atoms with van der Waals surface area (Å²) in [7, 11) is 0. The molecule has 0 aromatic carbocycles. The third kappa shape index (κ3) is 7.01. The van der Waals surface area contributed by atoms with Crippen molar-refractivity contribution in [1.82, 2.24) is 9.97 Å².